The summed E-state index contributed by atoms with van der Waals surface area (Å²) < 4.78 is 0. The van der Waals surface area contributed by atoms with Gasteiger partial charge in [0.1, 0.15) is 0 Å². The van der Waals surface area contributed by atoms with Gasteiger partial charge in [-0.3, -0.25) is 19.7 Å². The van der Waals surface area contributed by atoms with Crippen LogP contribution in [0.1, 0.15) is 22.5 Å². The van der Waals surface area contributed by atoms with Crippen LogP contribution < -0.4 is 0 Å². The Hall–Kier alpha value is -1.96. The van der Waals surface area contributed by atoms with E-state index in [9.17, 15) is 19.7 Å². The van der Waals surface area contributed by atoms with Crippen LogP contribution in [-0.4, -0.2) is 52.7 Å². The summed E-state index contributed by atoms with van der Waals surface area (Å²) in [4.78, 5) is 38.2. The van der Waals surface area contributed by atoms with Crippen LogP contribution in [0.15, 0.2) is 12.1 Å². The van der Waals surface area contributed by atoms with Gasteiger partial charge in [0, 0.05) is 38.2 Å². The van der Waals surface area contributed by atoms with E-state index in [2.05, 4.69) is 0 Å². The van der Waals surface area contributed by atoms with E-state index in [1.807, 2.05) is 4.90 Å². The van der Waals surface area contributed by atoms with Gasteiger partial charge in [-0.05, 0) is 18.9 Å². The fraction of sp³-hybridized carbons (Fsp3) is 0.538. The maximum Gasteiger partial charge on any atom is 0.324 e. The lowest BCUT2D eigenvalue weighted by Gasteiger charge is -2.34. The van der Waals surface area contributed by atoms with Crippen molar-refractivity contribution in [3.05, 3.63) is 27.1 Å². The van der Waals surface area contributed by atoms with Crippen LogP contribution in [0.5, 0.6) is 0 Å². The van der Waals surface area contributed by atoms with Gasteiger partial charge in [-0.15, -0.1) is 0 Å². The lowest BCUT2D eigenvalue weighted by molar-refractivity contribution is -0.380. The van der Waals surface area contributed by atoms with E-state index in [-0.39, 0.29) is 22.7 Å². The number of hydrogen-bond acceptors (Lipinski definition) is 5. The first-order chi connectivity index (χ1) is 10.1. The molecule has 0 N–H and O–H groups in total. The van der Waals surface area contributed by atoms with Crippen molar-refractivity contribution in [2.24, 2.45) is 5.92 Å². The van der Waals surface area contributed by atoms with Crippen molar-refractivity contribution >= 4 is 28.2 Å². The Bertz CT molecular complexity index is 588. The molecule has 2 aliphatic rings. The standard InChI is InChI=1S/C13H15N3O4S/c17-12(9-1-2-9)14-5-7-15(8-6-14)13(18)10-3-4-11(21-10)16(19)20/h3-4,9H,1-2,5-8H2. The van der Waals surface area contributed by atoms with Gasteiger partial charge in [0.15, 0.2) is 0 Å². The summed E-state index contributed by atoms with van der Waals surface area (Å²) in [6.07, 6.45) is 1.97. The lowest BCUT2D eigenvalue weighted by atomic mass is 10.2. The largest absolute Gasteiger partial charge is 0.339 e. The molecule has 21 heavy (non-hydrogen) atoms. The molecular weight excluding hydrogens is 294 g/mol. The monoisotopic (exact) mass is 309 g/mol. The molecule has 1 aromatic heterocycles. The summed E-state index contributed by atoms with van der Waals surface area (Å²) in [5.41, 5.74) is 0. The van der Waals surface area contributed by atoms with Crippen molar-refractivity contribution in [2.75, 3.05) is 26.2 Å². The second-order valence-corrected chi connectivity index (χ2v) is 6.35. The first-order valence-electron chi connectivity index (χ1n) is 6.88. The fourth-order valence-electron chi connectivity index (χ4n) is 2.41. The molecule has 1 aliphatic carbocycles. The zero-order chi connectivity index (χ0) is 15.0. The van der Waals surface area contributed by atoms with E-state index in [4.69, 9.17) is 0 Å². The molecule has 112 valence electrons. The number of nitro groups is 1. The zero-order valence-electron chi connectivity index (χ0n) is 11.4. The average molecular weight is 309 g/mol. The van der Waals surface area contributed by atoms with Crippen molar-refractivity contribution in [1.82, 2.24) is 9.80 Å². The summed E-state index contributed by atoms with van der Waals surface area (Å²) in [7, 11) is 0. The zero-order valence-corrected chi connectivity index (χ0v) is 12.2. The highest BCUT2D eigenvalue weighted by Crippen LogP contribution is 2.31. The molecule has 2 amide bonds. The SMILES string of the molecule is O=C(c1ccc([N+](=O)[O-])s1)N1CCN(C(=O)C2CC2)CC1. The van der Waals surface area contributed by atoms with Crippen LogP contribution in [0.4, 0.5) is 5.00 Å². The Labute approximate surface area is 125 Å². The predicted octanol–water partition coefficient (Wildman–Crippen LogP) is 1.35. The highest BCUT2D eigenvalue weighted by Gasteiger charge is 2.35. The summed E-state index contributed by atoms with van der Waals surface area (Å²) >= 11 is 0.894. The molecule has 2 fully saturated rings. The first kappa shape index (κ1) is 14.0. The highest BCUT2D eigenvalue weighted by molar-refractivity contribution is 7.17. The number of piperazine rings is 1. The van der Waals surface area contributed by atoms with Gasteiger partial charge in [-0.2, -0.15) is 0 Å². The number of amides is 2. The van der Waals surface area contributed by atoms with Gasteiger partial charge in [-0.1, -0.05) is 11.3 Å². The number of thiophene rings is 1. The van der Waals surface area contributed by atoms with Gasteiger partial charge in [0.05, 0.1) is 9.80 Å². The van der Waals surface area contributed by atoms with Gasteiger partial charge < -0.3 is 9.80 Å². The maximum absolute atomic E-state index is 12.3. The molecule has 0 radical (unpaired) electrons. The van der Waals surface area contributed by atoms with Crippen LogP contribution in [0, 0.1) is 16.0 Å². The lowest BCUT2D eigenvalue weighted by Crippen LogP contribution is -2.50. The van der Waals surface area contributed by atoms with Crippen LogP contribution in [0.25, 0.3) is 0 Å². The Morgan fingerprint density at radius 1 is 1.14 bits per heavy atom. The van der Waals surface area contributed by atoms with E-state index in [1.165, 1.54) is 12.1 Å². The maximum atomic E-state index is 12.3. The second-order valence-electron chi connectivity index (χ2n) is 5.29. The fourth-order valence-corrected chi connectivity index (χ4v) is 3.20. The number of hydrogen-bond donors (Lipinski definition) is 0. The molecule has 1 saturated heterocycles. The molecule has 1 aliphatic heterocycles. The van der Waals surface area contributed by atoms with Crippen molar-refractivity contribution in [1.29, 1.82) is 0 Å². The third-order valence-electron chi connectivity index (χ3n) is 3.79. The van der Waals surface area contributed by atoms with Crippen LogP contribution in [-0.2, 0) is 4.79 Å². The van der Waals surface area contributed by atoms with Gasteiger partial charge in [0.2, 0.25) is 5.91 Å². The Morgan fingerprint density at radius 3 is 2.29 bits per heavy atom. The molecule has 1 saturated carbocycles. The molecule has 1 aromatic rings. The Balaban J connectivity index is 1.59. The molecule has 2 heterocycles. The van der Waals surface area contributed by atoms with Crippen molar-refractivity contribution in [3.8, 4) is 0 Å². The van der Waals surface area contributed by atoms with Crippen LogP contribution in [0.2, 0.25) is 0 Å². The van der Waals surface area contributed by atoms with E-state index in [1.54, 1.807) is 4.90 Å². The molecule has 3 rings (SSSR count). The average Bonchev–Trinajstić information content (AvgIpc) is 3.22. The third kappa shape index (κ3) is 2.90. The van der Waals surface area contributed by atoms with Gasteiger partial charge in [-0.25, -0.2) is 0 Å². The van der Waals surface area contributed by atoms with Gasteiger partial charge >= 0.3 is 5.00 Å². The summed E-state index contributed by atoms with van der Waals surface area (Å²) in [5.74, 6) is 0.215. The number of carbonyl (C=O) groups excluding carboxylic acids is 2. The molecule has 0 spiro atoms. The molecule has 7 nitrogen and oxygen atoms in total. The topological polar surface area (TPSA) is 83.8 Å². The molecule has 0 bridgehead atoms. The molecule has 0 aromatic carbocycles. The second kappa shape index (κ2) is 5.44. The number of carbonyl (C=O) groups is 2. The van der Waals surface area contributed by atoms with E-state index in [0.29, 0.717) is 31.1 Å². The molecule has 0 unspecified atom stereocenters. The smallest absolute Gasteiger partial charge is 0.324 e. The van der Waals surface area contributed by atoms with Crippen LogP contribution in [0.3, 0.4) is 0 Å². The minimum Gasteiger partial charge on any atom is -0.339 e. The van der Waals surface area contributed by atoms with E-state index < -0.39 is 4.92 Å². The van der Waals surface area contributed by atoms with Crippen molar-refractivity contribution < 1.29 is 14.5 Å². The summed E-state index contributed by atoms with van der Waals surface area (Å²) in [5, 5.41) is 10.6. The minimum atomic E-state index is -0.492. The third-order valence-corrected chi connectivity index (χ3v) is 4.81. The van der Waals surface area contributed by atoms with Gasteiger partial charge in [0.25, 0.3) is 5.91 Å². The molecule has 0 atom stereocenters. The van der Waals surface area contributed by atoms with E-state index in [0.717, 1.165) is 24.2 Å². The molecular formula is C13H15N3O4S. The number of rotatable bonds is 3. The van der Waals surface area contributed by atoms with Crippen LogP contribution >= 0.6 is 11.3 Å². The Morgan fingerprint density at radius 2 is 1.76 bits per heavy atom. The van der Waals surface area contributed by atoms with Crippen molar-refractivity contribution in [2.45, 2.75) is 12.8 Å². The normalized spacial score (nSPS) is 18.7. The minimum absolute atomic E-state index is 0.0269. The van der Waals surface area contributed by atoms with Crippen molar-refractivity contribution in [3.63, 3.8) is 0 Å². The predicted molar refractivity (Wildman–Crippen MR) is 76.2 cm³/mol. The first-order valence-corrected chi connectivity index (χ1v) is 7.70. The summed E-state index contributed by atoms with van der Waals surface area (Å²) in [6.45, 7) is 2.08. The quantitative estimate of drug-likeness (QED) is 0.623. The summed E-state index contributed by atoms with van der Waals surface area (Å²) in [6, 6.07) is 2.84. The molecule has 8 heteroatoms. The Kier molecular flexibility index (Phi) is 3.62. The highest BCUT2D eigenvalue weighted by atomic mass is 32.1. The van der Waals surface area contributed by atoms with E-state index >= 15 is 0 Å². The number of nitrogens with zero attached hydrogens (tertiary/aromatic N) is 3.